The first kappa shape index (κ1) is 8.84. The van der Waals surface area contributed by atoms with Gasteiger partial charge in [0, 0.05) is 5.38 Å². The number of aromatic nitrogens is 1. The van der Waals surface area contributed by atoms with Crippen molar-refractivity contribution in [2.75, 3.05) is 0 Å². The lowest BCUT2D eigenvalue weighted by molar-refractivity contribution is -0.127. The number of thiazole rings is 1. The van der Waals surface area contributed by atoms with Gasteiger partial charge in [0.15, 0.2) is 6.29 Å². The lowest BCUT2D eigenvalue weighted by Gasteiger charge is -2.16. The Morgan fingerprint density at radius 2 is 2.69 bits per heavy atom. The van der Waals surface area contributed by atoms with E-state index in [0.717, 1.165) is 24.8 Å². The number of hydrogen-bond acceptors (Lipinski definition) is 4. The van der Waals surface area contributed by atoms with Crippen molar-refractivity contribution in [3.8, 4) is 0 Å². The molecular weight excluding hydrogens is 186 g/mol. The van der Waals surface area contributed by atoms with Crippen molar-refractivity contribution in [1.29, 1.82) is 0 Å². The minimum Gasteiger partial charge on any atom is -0.358 e. The Balaban J connectivity index is 2.11. The molecule has 0 radical (unpaired) electrons. The van der Waals surface area contributed by atoms with E-state index in [-0.39, 0.29) is 6.10 Å². The van der Waals surface area contributed by atoms with Crippen LogP contribution in [0.2, 0.25) is 0 Å². The van der Waals surface area contributed by atoms with Crippen LogP contribution in [-0.2, 0) is 9.53 Å². The van der Waals surface area contributed by atoms with Crippen molar-refractivity contribution >= 4 is 17.6 Å². The van der Waals surface area contributed by atoms with E-state index in [1.807, 2.05) is 12.3 Å². The predicted molar refractivity (Wildman–Crippen MR) is 49.6 cm³/mol. The molecule has 4 heteroatoms. The van der Waals surface area contributed by atoms with Crippen molar-refractivity contribution in [1.82, 2.24) is 4.98 Å². The van der Waals surface area contributed by atoms with Gasteiger partial charge in [0.05, 0.1) is 11.2 Å². The maximum atomic E-state index is 10.7. The number of ether oxygens (including phenoxy) is 1. The average Bonchev–Trinajstić information content (AvgIpc) is 2.73. The second-order valence-electron chi connectivity index (χ2n) is 3.49. The van der Waals surface area contributed by atoms with Gasteiger partial charge in [0.25, 0.3) is 0 Å². The van der Waals surface area contributed by atoms with Gasteiger partial charge in [-0.1, -0.05) is 0 Å². The smallest absolute Gasteiger partial charge is 0.151 e. The fraction of sp³-hybridized carbons (Fsp3) is 0.556. The molecule has 3 nitrogen and oxygen atoms in total. The zero-order valence-corrected chi connectivity index (χ0v) is 8.21. The van der Waals surface area contributed by atoms with Crippen molar-refractivity contribution in [2.45, 2.75) is 31.5 Å². The summed E-state index contributed by atoms with van der Waals surface area (Å²) in [6, 6.07) is 0. The summed E-state index contributed by atoms with van der Waals surface area (Å²) in [5, 5.41) is 1.97. The Kier molecular flexibility index (Phi) is 2.17. The van der Waals surface area contributed by atoms with E-state index in [1.54, 1.807) is 16.8 Å². The molecule has 0 saturated carbocycles. The minimum atomic E-state index is -0.589. The molecule has 1 aliphatic heterocycles. The summed E-state index contributed by atoms with van der Waals surface area (Å²) in [7, 11) is 0. The molecule has 0 N–H and O–H groups in total. The van der Waals surface area contributed by atoms with Gasteiger partial charge in [-0.25, -0.2) is 4.98 Å². The molecule has 2 unspecified atom stereocenters. The van der Waals surface area contributed by atoms with Crippen molar-refractivity contribution < 1.29 is 9.53 Å². The summed E-state index contributed by atoms with van der Waals surface area (Å²) in [6.07, 6.45) is 2.58. The summed E-state index contributed by atoms with van der Waals surface area (Å²) in [6.45, 7) is 1.83. The highest BCUT2D eigenvalue weighted by atomic mass is 32.1. The van der Waals surface area contributed by atoms with Crippen LogP contribution < -0.4 is 0 Å². The zero-order valence-electron chi connectivity index (χ0n) is 7.40. The molecule has 0 aliphatic carbocycles. The molecule has 0 amide bonds. The zero-order chi connectivity index (χ0) is 9.31. The molecular formula is C9H11NO2S. The van der Waals surface area contributed by atoms with Gasteiger partial charge in [-0.3, -0.25) is 0 Å². The van der Waals surface area contributed by atoms with Crippen molar-refractivity contribution in [2.24, 2.45) is 0 Å². The van der Waals surface area contributed by atoms with Crippen LogP contribution in [0.25, 0.3) is 0 Å². The van der Waals surface area contributed by atoms with Crippen LogP contribution in [0.1, 0.15) is 31.6 Å². The summed E-state index contributed by atoms with van der Waals surface area (Å²) in [5.74, 6) is 0. The number of rotatable bonds is 2. The second kappa shape index (κ2) is 3.20. The Morgan fingerprint density at radius 1 is 1.85 bits per heavy atom. The SMILES string of the molecule is CC1(C=O)CCC(c2cscn2)O1. The highest BCUT2D eigenvalue weighted by molar-refractivity contribution is 7.07. The van der Waals surface area contributed by atoms with Crippen molar-refractivity contribution in [3.63, 3.8) is 0 Å². The summed E-state index contributed by atoms with van der Waals surface area (Å²) in [4.78, 5) is 14.9. The highest BCUT2D eigenvalue weighted by Gasteiger charge is 2.37. The standard InChI is InChI=1S/C9H11NO2S/c1-9(5-11)3-2-8(12-9)7-4-13-6-10-7/h4-6,8H,2-3H2,1H3. The molecule has 70 valence electrons. The van der Waals surface area contributed by atoms with Gasteiger partial charge in [0.2, 0.25) is 0 Å². The van der Waals surface area contributed by atoms with E-state index < -0.39 is 5.60 Å². The monoisotopic (exact) mass is 197 g/mol. The van der Waals surface area contributed by atoms with Gasteiger partial charge >= 0.3 is 0 Å². The van der Waals surface area contributed by atoms with Crippen LogP contribution in [0.15, 0.2) is 10.9 Å². The Morgan fingerprint density at radius 3 is 3.23 bits per heavy atom. The Bertz CT molecular complexity index is 299. The normalized spacial score (nSPS) is 33.5. The molecule has 1 aliphatic rings. The lowest BCUT2D eigenvalue weighted by Crippen LogP contribution is -2.24. The van der Waals surface area contributed by atoms with Crippen LogP contribution in [-0.4, -0.2) is 16.9 Å². The van der Waals surface area contributed by atoms with E-state index in [9.17, 15) is 4.79 Å². The van der Waals surface area contributed by atoms with Crippen LogP contribution in [0.3, 0.4) is 0 Å². The van der Waals surface area contributed by atoms with Crippen LogP contribution in [0.4, 0.5) is 0 Å². The van der Waals surface area contributed by atoms with E-state index in [0.29, 0.717) is 0 Å². The molecule has 0 bridgehead atoms. The topological polar surface area (TPSA) is 39.2 Å². The molecule has 2 rings (SSSR count). The largest absolute Gasteiger partial charge is 0.358 e. The third-order valence-electron chi connectivity index (χ3n) is 2.35. The van der Waals surface area contributed by atoms with E-state index in [2.05, 4.69) is 4.98 Å². The maximum absolute atomic E-state index is 10.7. The van der Waals surface area contributed by atoms with Crippen LogP contribution in [0.5, 0.6) is 0 Å². The fourth-order valence-electron chi connectivity index (χ4n) is 1.54. The first-order valence-corrected chi connectivity index (χ1v) is 5.20. The third-order valence-corrected chi connectivity index (χ3v) is 2.95. The van der Waals surface area contributed by atoms with Gasteiger partial charge in [-0.05, 0) is 19.8 Å². The average molecular weight is 197 g/mol. The maximum Gasteiger partial charge on any atom is 0.151 e. The molecule has 0 spiro atoms. The Labute approximate surface area is 80.8 Å². The molecule has 1 aromatic rings. The van der Waals surface area contributed by atoms with Crippen molar-refractivity contribution in [3.05, 3.63) is 16.6 Å². The van der Waals surface area contributed by atoms with E-state index >= 15 is 0 Å². The molecule has 0 aromatic carbocycles. The number of nitrogens with zero attached hydrogens (tertiary/aromatic N) is 1. The van der Waals surface area contributed by atoms with Gasteiger partial charge in [0.1, 0.15) is 11.7 Å². The molecule has 13 heavy (non-hydrogen) atoms. The van der Waals surface area contributed by atoms with Crippen LogP contribution in [0, 0.1) is 0 Å². The summed E-state index contributed by atoms with van der Waals surface area (Å²) < 4.78 is 5.62. The second-order valence-corrected chi connectivity index (χ2v) is 4.21. The van der Waals surface area contributed by atoms with Crippen LogP contribution >= 0.6 is 11.3 Å². The highest BCUT2D eigenvalue weighted by Crippen LogP contribution is 2.37. The van der Waals surface area contributed by atoms with E-state index in [4.69, 9.17) is 4.74 Å². The molecule has 1 saturated heterocycles. The fourth-order valence-corrected chi connectivity index (χ4v) is 2.13. The van der Waals surface area contributed by atoms with Gasteiger partial charge in [-0.15, -0.1) is 11.3 Å². The number of carbonyl (C=O) groups is 1. The lowest BCUT2D eigenvalue weighted by atomic mass is 10.0. The quantitative estimate of drug-likeness (QED) is 0.680. The first-order valence-electron chi connectivity index (χ1n) is 4.26. The number of aldehydes is 1. The predicted octanol–water partition coefficient (Wildman–Crippen LogP) is 1.95. The minimum absolute atomic E-state index is 0.0152. The van der Waals surface area contributed by atoms with Gasteiger partial charge < -0.3 is 9.53 Å². The van der Waals surface area contributed by atoms with E-state index in [1.165, 1.54) is 0 Å². The van der Waals surface area contributed by atoms with Gasteiger partial charge in [-0.2, -0.15) is 0 Å². The number of carbonyl (C=O) groups excluding carboxylic acids is 1. The molecule has 2 heterocycles. The number of hydrogen-bond donors (Lipinski definition) is 0. The first-order chi connectivity index (χ1) is 6.23. The summed E-state index contributed by atoms with van der Waals surface area (Å²) in [5.41, 5.74) is 2.15. The molecule has 1 aromatic heterocycles. The molecule has 1 fully saturated rings. The Hall–Kier alpha value is -0.740. The third kappa shape index (κ3) is 1.64. The summed E-state index contributed by atoms with van der Waals surface area (Å²) >= 11 is 1.55. The molecule has 2 atom stereocenters.